The molecule has 0 aliphatic heterocycles. The van der Waals surface area contributed by atoms with E-state index in [9.17, 15) is 4.79 Å². The lowest BCUT2D eigenvalue weighted by Gasteiger charge is -2.25. The van der Waals surface area contributed by atoms with Gasteiger partial charge in [-0.1, -0.05) is 54.6 Å². The Bertz CT molecular complexity index is 1040. The molecule has 1 aliphatic rings. The van der Waals surface area contributed by atoms with Crippen molar-refractivity contribution < 1.29 is 19.0 Å². The highest BCUT2D eigenvalue weighted by atomic mass is 16.6. The van der Waals surface area contributed by atoms with Crippen molar-refractivity contribution in [2.75, 3.05) is 0 Å². The summed E-state index contributed by atoms with van der Waals surface area (Å²) in [6.07, 6.45) is -0.0402. The minimum absolute atomic E-state index is 0.212. The molecular weight excluding hydrogens is 402 g/mol. The fraction of sp³-hybridized carbons (Fsp3) is 0.296. The molecule has 5 nitrogen and oxygen atoms in total. The molecule has 3 aromatic carbocycles. The lowest BCUT2D eigenvalue weighted by Crippen LogP contribution is -2.42. The Morgan fingerprint density at radius 1 is 0.906 bits per heavy atom. The topological polar surface area (TPSA) is 56.8 Å². The molecule has 32 heavy (non-hydrogen) atoms. The van der Waals surface area contributed by atoms with E-state index in [4.69, 9.17) is 14.2 Å². The summed E-state index contributed by atoms with van der Waals surface area (Å²) in [6.45, 7) is 6.07. The number of benzene rings is 3. The average Bonchev–Trinajstić information content (AvgIpc) is 3.09. The van der Waals surface area contributed by atoms with Gasteiger partial charge in [-0.3, -0.25) is 0 Å². The van der Waals surface area contributed by atoms with Gasteiger partial charge in [0, 0.05) is 0 Å². The Balaban J connectivity index is 1.43. The van der Waals surface area contributed by atoms with Crippen LogP contribution < -0.4 is 14.8 Å². The first-order chi connectivity index (χ1) is 15.4. The lowest BCUT2D eigenvalue weighted by molar-refractivity contribution is 0.0456. The number of carbonyl (C=O) groups is 1. The quantitative estimate of drug-likeness (QED) is 0.533. The molecule has 0 heterocycles. The van der Waals surface area contributed by atoms with Gasteiger partial charge < -0.3 is 19.5 Å². The molecule has 4 rings (SSSR count). The minimum atomic E-state index is -0.554. The highest BCUT2D eigenvalue weighted by Gasteiger charge is 2.36. The van der Waals surface area contributed by atoms with Gasteiger partial charge in [-0.15, -0.1) is 0 Å². The number of carbonyl (C=O) groups excluding carboxylic acids is 1. The second kappa shape index (κ2) is 9.35. The molecule has 0 radical (unpaired) electrons. The molecule has 0 fully saturated rings. The van der Waals surface area contributed by atoms with Gasteiger partial charge in [0.1, 0.15) is 29.8 Å². The smallest absolute Gasteiger partial charge is 0.408 e. The van der Waals surface area contributed by atoms with Gasteiger partial charge in [-0.2, -0.15) is 0 Å². The molecule has 0 saturated carbocycles. The predicted octanol–water partition coefficient (Wildman–Crippen LogP) is 5.84. The van der Waals surface area contributed by atoms with E-state index in [1.54, 1.807) is 0 Å². The molecule has 0 saturated heterocycles. The summed E-state index contributed by atoms with van der Waals surface area (Å²) in [5.41, 5.74) is 2.81. The maximum Gasteiger partial charge on any atom is 0.408 e. The van der Waals surface area contributed by atoms with Crippen LogP contribution in [0.25, 0.3) is 0 Å². The zero-order chi connectivity index (χ0) is 22.6. The van der Waals surface area contributed by atoms with Gasteiger partial charge in [0.05, 0.1) is 6.04 Å². The third-order valence-electron chi connectivity index (χ3n) is 5.20. The second-order valence-electron chi connectivity index (χ2n) is 8.94. The molecular formula is C27H29NO4. The maximum absolute atomic E-state index is 12.4. The third-order valence-corrected chi connectivity index (χ3v) is 5.20. The SMILES string of the molecule is CC(C)(C)OC(=O)NC1Cc2ccccc2C1Oc1ccc(OCc2ccccc2)cc1. The zero-order valence-corrected chi connectivity index (χ0v) is 18.7. The number of rotatable bonds is 6. The summed E-state index contributed by atoms with van der Waals surface area (Å²) in [4.78, 5) is 12.4. The van der Waals surface area contributed by atoms with Crippen LogP contribution in [0.4, 0.5) is 4.79 Å². The molecule has 2 atom stereocenters. The van der Waals surface area contributed by atoms with E-state index in [-0.39, 0.29) is 12.1 Å². The van der Waals surface area contributed by atoms with Gasteiger partial charge in [-0.25, -0.2) is 4.79 Å². The number of fused-ring (bicyclic) bond motifs is 1. The molecule has 0 bridgehead atoms. The summed E-state index contributed by atoms with van der Waals surface area (Å²) < 4.78 is 17.7. The number of hydrogen-bond acceptors (Lipinski definition) is 4. The number of alkyl carbamates (subject to hydrolysis) is 1. The summed E-state index contributed by atoms with van der Waals surface area (Å²) in [7, 11) is 0. The first-order valence-electron chi connectivity index (χ1n) is 10.9. The fourth-order valence-corrected chi connectivity index (χ4v) is 3.79. The van der Waals surface area contributed by atoms with Crippen molar-refractivity contribution in [3.05, 3.63) is 95.6 Å². The largest absolute Gasteiger partial charge is 0.489 e. The Labute approximate surface area is 189 Å². The van der Waals surface area contributed by atoms with Gasteiger partial charge in [0.25, 0.3) is 0 Å². The zero-order valence-electron chi connectivity index (χ0n) is 18.7. The van der Waals surface area contributed by atoms with Crippen LogP contribution in [0.2, 0.25) is 0 Å². The van der Waals surface area contributed by atoms with Gasteiger partial charge >= 0.3 is 6.09 Å². The van der Waals surface area contributed by atoms with Crippen LogP contribution in [0.1, 0.15) is 43.6 Å². The van der Waals surface area contributed by atoms with Crippen molar-refractivity contribution in [1.29, 1.82) is 0 Å². The third kappa shape index (κ3) is 5.61. The molecule has 166 valence electrons. The van der Waals surface area contributed by atoms with E-state index in [1.807, 2.05) is 93.6 Å². The number of nitrogens with one attached hydrogen (secondary N) is 1. The number of amides is 1. The van der Waals surface area contributed by atoms with Crippen LogP contribution in [0.3, 0.4) is 0 Å². The van der Waals surface area contributed by atoms with E-state index in [0.29, 0.717) is 13.0 Å². The van der Waals surface area contributed by atoms with Crippen molar-refractivity contribution in [3.63, 3.8) is 0 Å². The Morgan fingerprint density at radius 2 is 1.56 bits per heavy atom. The monoisotopic (exact) mass is 431 g/mol. The summed E-state index contributed by atoms with van der Waals surface area (Å²) in [5, 5.41) is 2.99. The number of hydrogen-bond donors (Lipinski definition) is 1. The molecule has 3 aromatic rings. The summed E-state index contributed by atoms with van der Waals surface area (Å²) in [5.74, 6) is 1.49. The minimum Gasteiger partial charge on any atom is -0.489 e. The second-order valence-corrected chi connectivity index (χ2v) is 8.94. The van der Waals surface area contributed by atoms with Gasteiger partial charge in [0.2, 0.25) is 0 Å². The molecule has 0 spiro atoms. The fourth-order valence-electron chi connectivity index (χ4n) is 3.79. The Morgan fingerprint density at radius 3 is 2.28 bits per heavy atom. The van der Waals surface area contributed by atoms with E-state index >= 15 is 0 Å². The Kier molecular flexibility index (Phi) is 6.35. The van der Waals surface area contributed by atoms with Crippen molar-refractivity contribution in [3.8, 4) is 11.5 Å². The van der Waals surface area contributed by atoms with Gasteiger partial charge in [0.15, 0.2) is 0 Å². The molecule has 5 heteroatoms. The Hall–Kier alpha value is -3.47. The van der Waals surface area contributed by atoms with E-state index in [2.05, 4.69) is 11.4 Å². The van der Waals surface area contributed by atoms with Crippen molar-refractivity contribution >= 4 is 6.09 Å². The van der Waals surface area contributed by atoms with Crippen molar-refractivity contribution in [1.82, 2.24) is 5.32 Å². The molecule has 1 aliphatic carbocycles. The molecule has 2 unspecified atom stereocenters. The van der Waals surface area contributed by atoms with Crippen LogP contribution in [-0.2, 0) is 17.8 Å². The maximum atomic E-state index is 12.4. The first kappa shape index (κ1) is 21.8. The van der Waals surface area contributed by atoms with Crippen LogP contribution in [-0.4, -0.2) is 17.7 Å². The summed E-state index contributed by atoms with van der Waals surface area (Å²) >= 11 is 0. The molecule has 1 N–H and O–H groups in total. The van der Waals surface area contributed by atoms with Crippen molar-refractivity contribution in [2.24, 2.45) is 0 Å². The van der Waals surface area contributed by atoms with E-state index in [1.165, 1.54) is 5.56 Å². The van der Waals surface area contributed by atoms with E-state index < -0.39 is 11.7 Å². The average molecular weight is 432 g/mol. The highest BCUT2D eigenvalue weighted by molar-refractivity contribution is 5.68. The van der Waals surface area contributed by atoms with Crippen LogP contribution in [0.15, 0.2) is 78.9 Å². The van der Waals surface area contributed by atoms with Gasteiger partial charge in [-0.05, 0) is 68.1 Å². The molecule has 0 aromatic heterocycles. The first-order valence-corrected chi connectivity index (χ1v) is 10.9. The van der Waals surface area contributed by atoms with Crippen LogP contribution in [0.5, 0.6) is 11.5 Å². The van der Waals surface area contributed by atoms with Crippen LogP contribution >= 0.6 is 0 Å². The predicted molar refractivity (Wildman–Crippen MR) is 124 cm³/mol. The highest BCUT2D eigenvalue weighted by Crippen LogP contribution is 2.36. The molecule has 1 amide bonds. The summed E-state index contributed by atoms with van der Waals surface area (Å²) in [6, 6.07) is 25.5. The lowest BCUT2D eigenvalue weighted by atomic mass is 10.1. The number of ether oxygens (including phenoxy) is 3. The normalized spacial score (nSPS) is 17.3. The van der Waals surface area contributed by atoms with Crippen molar-refractivity contribution in [2.45, 2.75) is 51.5 Å². The standard InChI is InChI=1S/C27H29NO4/c1-27(2,3)32-26(29)28-24-17-20-11-7-8-12-23(20)25(24)31-22-15-13-21(14-16-22)30-18-19-9-5-4-6-10-19/h4-16,24-25H,17-18H2,1-3H3,(H,28,29). The van der Waals surface area contributed by atoms with Crippen LogP contribution in [0, 0.1) is 0 Å². The van der Waals surface area contributed by atoms with E-state index in [0.717, 1.165) is 22.6 Å².